The highest BCUT2D eigenvalue weighted by atomic mass is 35.5. The molecule has 1 aromatic heterocycles. The number of H-pyrrole nitrogens is 1. The number of nitrogens with zero attached hydrogens (tertiary/aromatic N) is 1. The van der Waals surface area contributed by atoms with E-state index in [4.69, 9.17) is 16.6 Å². The number of hydrogen-bond acceptors (Lipinski definition) is 3. The highest BCUT2D eigenvalue weighted by molar-refractivity contribution is 6.23. The molecule has 0 fully saturated rings. The third-order valence-corrected chi connectivity index (χ3v) is 7.79. The van der Waals surface area contributed by atoms with Crippen molar-refractivity contribution in [2.24, 2.45) is 0 Å². The molecular formula is C32H26ClN3O3. The van der Waals surface area contributed by atoms with Gasteiger partial charge >= 0.3 is 5.97 Å². The molecule has 0 saturated carbocycles. The number of allylic oxidation sites excluding steroid dienone is 4. The maximum Gasteiger partial charge on any atom is 0.336 e. The van der Waals surface area contributed by atoms with E-state index in [-0.39, 0.29) is 17.5 Å². The van der Waals surface area contributed by atoms with Crippen LogP contribution < -0.4 is 5.32 Å². The van der Waals surface area contributed by atoms with Gasteiger partial charge in [-0.2, -0.15) is 0 Å². The molecule has 0 unspecified atom stereocenters. The lowest BCUT2D eigenvalue weighted by Gasteiger charge is -2.27. The van der Waals surface area contributed by atoms with Gasteiger partial charge in [0.2, 0.25) is 0 Å². The summed E-state index contributed by atoms with van der Waals surface area (Å²) in [6, 6.07) is 24.3. The zero-order valence-corrected chi connectivity index (χ0v) is 21.7. The van der Waals surface area contributed by atoms with Gasteiger partial charge in [0, 0.05) is 28.3 Å². The fourth-order valence-electron chi connectivity index (χ4n) is 5.47. The fourth-order valence-corrected chi connectivity index (χ4v) is 5.83. The number of hydrogen-bond donors (Lipinski definition) is 3. The summed E-state index contributed by atoms with van der Waals surface area (Å²) in [6.07, 6.45) is 6.91. The van der Waals surface area contributed by atoms with Gasteiger partial charge in [-0.05, 0) is 36.1 Å². The van der Waals surface area contributed by atoms with Gasteiger partial charge in [0.25, 0.3) is 5.91 Å². The van der Waals surface area contributed by atoms with Crippen molar-refractivity contribution >= 4 is 29.1 Å². The SMILES string of the molecule is O=C1N[C@@H](c2ccccc2)CCc2[nH]c(nc2-c2ccccc2)C2=CC=C[C@H](Cl)[C@@H]2c2ccc1cc2C(=O)O. The third kappa shape index (κ3) is 4.79. The second kappa shape index (κ2) is 10.4. The highest BCUT2D eigenvalue weighted by Crippen LogP contribution is 2.42. The summed E-state index contributed by atoms with van der Waals surface area (Å²) < 4.78 is 0. The first-order chi connectivity index (χ1) is 19.0. The van der Waals surface area contributed by atoms with Crippen LogP contribution in [0.2, 0.25) is 0 Å². The van der Waals surface area contributed by atoms with Crippen LogP contribution in [-0.4, -0.2) is 32.3 Å². The van der Waals surface area contributed by atoms with E-state index < -0.39 is 17.3 Å². The molecule has 3 heterocycles. The first kappa shape index (κ1) is 24.9. The summed E-state index contributed by atoms with van der Waals surface area (Å²) in [5.41, 5.74) is 5.38. The zero-order chi connectivity index (χ0) is 26.9. The fraction of sp³-hybridized carbons (Fsp3) is 0.156. The van der Waals surface area contributed by atoms with E-state index >= 15 is 0 Å². The summed E-state index contributed by atoms with van der Waals surface area (Å²) in [4.78, 5) is 34.5. The van der Waals surface area contributed by atoms with Crippen LogP contribution in [0.1, 0.15) is 61.7 Å². The molecule has 3 aliphatic rings. The van der Waals surface area contributed by atoms with Gasteiger partial charge in [-0.15, -0.1) is 11.6 Å². The quantitative estimate of drug-likeness (QED) is 0.260. The van der Waals surface area contributed by atoms with Gasteiger partial charge < -0.3 is 15.4 Å². The second-order valence-electron chi connectivity index (χ2n) is 9.79. The molecule has 0 radical (unpaired) electrons. The Morgan fingerprint density at radius 1 is 0.974 bits per heavy atom. The number of carbonyl (C=O) groups excluding carboxylic acids is 1. The van der Waals surface area contributed by atoms with E-state index in [0.717, 1.165) is 28.1 Å². The van der Waals surface area contributed by atoms with Crippen molar-refractivity contribution in [2.45, 2.75) is 30.2 Å². The van der Waals surface area contributed by atoms with Crippen molar-refractivity contribution in [2.75, 3.05) is 0 Å². The number of amides is 1. The van der Waals surface area contributed by atoms with E-state index in [1.807, 2.05) is 78.9 Å². The molecule has 194 valence electrons. The van der Waals surface area contributed by atoms with E-state index in [0.29, 0.717) is 29.8 Å². The number of nitrogens with one attached hydrogen (secondary N) is 2. The summed E-state index contributed by atoms with van der Waals surface area (Å²) in [6.45, 7) is 0. The number of carbonyl (C=O) groups is 2. The lowest BCUT2D eigenvalue weighted by atomic mass is 9.81. The minimum Gasteiger partial charge on any atom is -0.478 e. The normalized spacial score (nSPS) is 20.5. The number of carboxylic acid groups (broad SMARTS) is 1. The summed E-state index contributed by atoms with van der Waals surface area (Å²) >= 11 is 6.82. The smallest absolute Gasteiger partial charge is 0.336 e. The van der Waals surface area contributed by atoms with E-state index in [1.54, 1.807) is 12.1 Å². The second-order valence-corrected chi connectivity index (χ2v) is 10.3. The van der Waals surface area contributed by atoms with E-state index in [2.05, 4.69) is 10.3 Å². The minimum absolute atomic E-state index is 0.0443. The van der Waals surface area contributed by atoms with Gasteiger partial charge in [-0.3, -0.25) is 4.79 Å². The number of halogens is 1. The summed E-state index contributed by atoms with van der Waals surface area (Å²) in [7, 11) is 0. The van der Waals surface area contributed by atoms with Crippen LogP contribution in [0.25, 0.3) is 16.8 Å². The van der Waals surface area contributed by atoms with Gasteiger partial charge in [0.15, 0.2) is 0 Å². The molecule has 7 rings (SSSR count). The van der Waals surface area contributed by atoms with Crippen LogP contribution in [0.5, 0.6) is 0 Å². The first-order valence-electron chi connectivity index (χ1n) is 12.9. The number of alkyl halides is 1. The molecule has 0 saturated heterocycles. The summed E-state index contributed by atoms with van der Waals surface area (Å²) in [5, 5.41) is 12.8. The Labute approximate surface area is 231 Å². The van der Waals surface area contributed by atoms with E-state index in [9.17, 15) is 14.7 Å². The number of benzene rings is 3. The van der Waals surface area contributed by atoms with Crippen molar-refractivity contribution in [3.63, 3.8) is 0 Å². The number of aromatic nitrogens is 2. The van der Waals surface area contributed by atoms with Crippen LogP contribution in [0.15, 0.2) is 97.1 Å². The minimum atomic E-state index is -1.12. The topological polar surface area (TPSA) is 95.1 Å². The molecule has 3 aromatic carbocycles. The van der Waals surface area contributed by atoms with Crippen molar-refractivity contribution in [1.29, 1.82) is 0 Å². The molecule has 1 amide bonds. The number of carboxylic acids is 1. The van der Waals surface area contributed by atoms with Gasteiger partial charge in [-0.25, -0.2) is 9.78 Å². The number of aromatic carboxylic acids is 1. The predicted molar refractivity (Wildman–Crippen MR) is 152 cm³/mol. The Hall–Kier alpha value is -4.42. The lowest BCUT2D eigenvalue weighted by Crippen LogP contribution is -2.29. The summed E-state index contributed by atoms with van der Waals surface area (Å²) in [5.74, 6) is -1.26. The van der Waals surface area contributed by atoms with Crippen molar-refractivity contribution in [3.05, 3.63) is 131 Å². The van der Waals surface area contributed by atoms with Crippen molar-refractivity contribution < 1.29 is 14.7 Å². The van der Waals surface area contributed by atoms with Crippen LogP contribution in [0.4, 0.5) is 0 Å². The average Bonchev–Trinajstić information content (AvgIpc) is 3.39. The molecule has 4 bridgehead atoms. The van der Waals surface area contributed by atoms with Crippen molar-refractivity contribution in [1.82, 2.24) is 15.3 Å². The number of aromatic amines is 1. The largest absolute Gasteiger partial charge is 0.478 e. The maximum atomic E-state index is 13.4. The Kier molecular flexibility index (Phi) is 6.63. The standard InChI is InChI=1S/C32H26ClN3O3/c33-25-13-7-12-23-28(25)22-15-14-21(18-24(22)32(38)39)31(37)35-26(19-8-3-1-4-9-19)16-17-27-29(36-30(23)34-27)20-10-5-2-6-11-20/h1-15,18,25-26,28H,16-17H2,(H,34,36)(H,35,37)(H,38,39)/t25-,26+,28+/m0/s1. The van der Waals surface area contributed by atoms with Crippen LogP contribution in [0.3, 0.4) is 0 Å². The number of aryl methyl sites for hydroxylation is 1. The molecule has 7 heteroatoms. The van der Waals surface area contributed by atoms with Crippen LogP contribution >= 0.6 is 11.6 Å². The number of imidazole rings is 1. The molecule has 2 aliphatic heterocycles. The Bertz CT molecular complexity index is 1610. The lowest BCUT2D eigenvalue weighted by molar-refractivity contribution is 0.0695. The van der Waals surface area contributed by atoms with Crippen molar-refractivity contribution in [3.8, 4) is 11.3 Å². The monoisotopic (exact) mass is 535 g/mol. The number of fused-ring (bicyclic) bond motifs is 6. The molecule has 3 N–H and O–H groups in total. The number of rotatable bonds is 3. The van der Waals surface area contributed by atoms with Gasteiger partial charge in [0.1, 0.15) is 5.82 Å². The van der Waals surface area contributed by atoms with Gasteiger partial charge in [0.05, 0.1) is 22.7 Å². The van der Waals surface area contributed by atoms with Gasteiger partial charge in [-0.1, -0.05) is 85.0 Å². The molecule has 39 heavy (non-hydrogen) atoms. The van der Waals surface area contributed by atoms with E-state index in [1.165, 1.54) is 6.07 Å². The Morgan fingerprint density at radius 3 is 2.46 bits per heavy atom. The average molecular weight is 536 g/mol. The molecular weight excluding hydrogens is 510 g/mol. The molecule has 3 atom stereocenters. The Balaban J connectivity index is 1.56. The molecule has 1 aliphatic carbocycles. The zero-order valence-electron chi connectivity index (χ0n) is 21.0. The first-order valence-corrected chi connectivity index (χ1v) is 13.3. The van der Waals surface area contributed by atoms with Crippen LogP contribution in [0, 0.1) is 0 Å². The maximum absolute atomic E-state index is 13.4. The molecule has 6 nitrogen and oxygen atoms in total. The molecule has 4 aromatic rings. The Morgan fingerprint density at radius 2 is 1.72 bits per heavy atom. The highest BCUT2D eigenvalue weighted by Gasteiger charge is 2.33. The predicted octanol–water partition coefficient (Wildman–Crippen LogP) is 6.54. The third-order valence-electron chi connectivity index (χ3n) is 7.39. The van der Waals surface area contributed by atoms with Crippen LogP contribution in [-0.2, 0) is 6.42 Å². The molecule has 0 spiro atoms.